The molecule has 0 spiro atoms. The van der Waals surface area contributed by atoms with Gasteiger partial charge in [0.2, 0.25) is 0 Å². The van der Waals surface area contributed by atoms with Gasteiger partial charge in [-0.15, -0.1) is 10.2 Å². The van der Waals surface area contributed by atoms with E-state index in [9.17, 15) is 9.90 Å². The predicted molar refractivity (Wildman–Crippen MR) is 99.4 cm³/mol. The van der Waals surface area contributed by atoms with Crippen molar-refractivity contribution in [1.82, 2.24) is 19.7 Å². The fourth-order valence-electron chi connectivity index (χ4n) is 3.78. The van der Waals surface area contributed by atoms with Crippen LogP contribution in [0.5, 0.6) is 0 Å². The lowest BCUT2D eigenvalue weighted by Crippen LogP contribution is -2.34. The second-order valence-electron chi connectivity index (χ2n) is 6.99. The summed E-state index contributed by atoms with van der Waals surface area (Å²) in [5.41, 5.74) is 0.852. The van der Waals surface area contributed by atoms with Gasteiger partial charge in [-0.05, 0) is 37.6 Å². The summed E-state index contributed by atoms with van der Waals surface area (Å²) in [7, 11) is 1.98. The van der Waals surface area contributed by atoms with Crippen LogP contribution < -0.4 is 0 Å². The molecule has 1 N–H and O–H groups in total. The van der Waals surface area contributed by atoms with E-state index in [0.717, 1.165) is 37.5 Å². The van der Waals surface area contributed by atoms with Crippen LogP contribution in [0.15, 0.2) is 47.1 Å². The highest BCUT2D eigenvalue weighted by Gasteiger charge is 2.25. The number of aromatic nitrogens is 3. The Labute approximate surface area is 157 Å². The van der Waals surface area contributed by atoms with E-state index < -0.39 is 5.97 Å². The van der Waals surface area contributed by atoms with Gasteiger partial charge in [0.05, 0.1) is 12.1 Å². The summed E-state index contributed by atoms with van der Waals surface area (Å²) >= 11 is 0. The molecule has 7 nitrogen and oxygen atoms in total. The molecule has 140 valence electrons. The van der Waals surface area contributed by atoms with Crippen molar-refractivity contribution in [2.24, 2.45) is 7.05 Å². The van der Waals surface area contributed by atoms with Crippen LogP contribution in [0.25, 0.3) is 11.3 Å². The molecule has 1 aromatic carbocycles. The van der Waals surface area contributed by atoms with Gasteiger partial charge in [-0.2, -0.15) is 0 Å². The molecule has 1 fully saturated rings. The van der Waals surface area contributed by atoms with Gasteiger partial charge in [-0.3, -0.25) is 4.90 Å². The first-order valence-corrected chi connectivity index (χ1v) is 9.09. The Morgan fingerprint density at radius 1 is 1.30 bits per heavy atom. The number of rotatable bonds is 5. The number of carboxylic acid groups (broad SMARTS) is 1. The SMILES string of the molecule is Cn1cnnc1[C@@H]1CCCN(Cc2ccc(-c3ccccc3C(=O)O)o2)C1. The monoisotopic (exact) mass is 366 g/mol. The van der Waals surface area contributed by atoms with E-state index in [4.69, 9.17) is 4.42 Å². The van der Waals surface area contributed by atoms with Crippen LogP contribution in [0, 0.1) is 0 Å². The number of aromatic carboxylic acids is 1. The molecule has 0 aliphatic carbocycles. The minimum absolute atomic E-state index is 0.249. The van der Waals surface area contributed by atoms with Crippen LogP contribution >= 0.6 is 0 Å². The summed E-state index contributed by atoms with van der Waals surface area (Å²) in [6, 6.07) is 10.7. The van der Waals surface area contributed by atoms with Crippen LogP contribution in [0.2, 0.25) is 0 Å². The molecule has 1 saturated heterocycles. The van der Waals surface area contributed by atoms with Gasteiger partial charge in [-0.1, -0.05) is 18.2 Å². The highest BCUT2D eigenvalue weighted by atomic mass is 16.4. The molecule has 0 saturated carbocycles. The third-order valence-electron chi connectivity index (χ3n) is 5.08. The van der Waals surface area contributed by atoms with Gasteiger partial charge in [-0.25, -0.2) is 4.79 Å². The zero-order chi connectivity index (χ0) is 18.8. The van der Waals surface area contributed by atoms with Gasteiger partial charge >= 0.3 is 5.97 Å². The fourth-order valence-corrected chi connectivity index (χ4v) is 3.78. The van der Waals surface area contributed by atoms with Crippen LogP contribution in [-0.4, -0.2) is 43.8 Å². The Kier molecular flexibility index (Phi) is 4.77. The van der Waals surface area contributed by atoms with Crippen molar-refractivity contribution in [3.8, 4) is 11.3 Å². The Bertz CT molecular complexity index is 946. The minimum atomic E-state index is -0.953. The average molecular weight is 366 g/mol. The highest BCUT2D eigenvalue weighted by molar-refractivity contribution is 5.95. The van der Waals surface area contributed by atoms with E-state index in [1.54, 1.807) is 24.5 Å². The van der Waals surface area contributed by atoms with E-state index in [2.05, 4.69) is 15.1 Å². The van der Waals surface area contributed by atoms with E-state index in [-0.39, 0.29) is 5.56 Å². The quantitative estimate of drug-likeness (QED) is 0.747. The van der Waals surface area contributed by atoms with Crippen LogP contribution in [0.1, 0.15) is 40.7 Å². The number of benzene rings is 1. The maximum absolute atomic E-state index is 11.4. The molecule has 7 heteroatoms. The maximum Gasteiger partial charge on any atom is 0.336 e. The smallest absolute Gasteiger partial charge is 0.336 e. The third-order valence-corrected chi connectivity index (χ3v) is 5.08. The minimum Gasteiger partial charge on any atom is -0.478 e. The molecule has 0 unspecified atom stereocenters. The molecule has 1 aliphatic rings. The average Bonchev–Trinajstić information content (AvgIpc) is 3.31. The number of furan rings is 1. The number of carboxylic acids is 1. The van der Waals surface area contributed by atoms with Crippen LogP contribution in [0.3, 0.4) is 0 Å². The maximum atomic E-state index is 11.4. The second-order valence-corrected chi connectivity index (χ2v) is 6.99. The van der Waals surface area contributed by atoms with E-state index >= 15 is 0 Å². The van der Waals surface area contributed by atoms with Gasteiger partial charge in [0.25, 0.3) is 0 Å². The van der Waals surface area contributed by atoms with E-state index in [0.29, 0.717) is 23.8 Å². The summed E-state index contributed by atoms with van der Waals surface area (Å²) < 4.78 is 7.96. The number of hydrogen-bond donors (Lipinski definition) is 1. The molecule has 4 rings (SSSR count). The van der Waals surface area contributed by atoms with Crippen LogP contribution in [-0.2, 0) is 13.6 Å². The number of nitrogens with zero attached hydrogens (tertiary/aromatic N) is 4. The van der Waals surface area contributed by atoms with Crippen LogP contribution in [0.4, 0.5) is 0 Å². The van der Waals surface area contributed by atoms with E-state index in [1.807, 2.05) is 29.8 Å². The Hall–Kier alpha value is -2.93. The second kappa shape index (κ2) is 7.36. The third kappa shape index (κ3) is 3.64. The molecule has 0 bridgehead atoms. The normalized spacial score (nSPS) is 17.9. The number of likely N-dealkylation sites (tertiary alicyclic amines) is 1. The van der Waals surface area contributed by atoms with Crippen molar-refractivity contribution in [3.05, 3.63) is 59.9 Å². The molecule has 1 aliphatic heterocycles. The largest absolute Gasteiger partial charge is 0.478 e. The number of carbonyl (C=O) groups is 1. The lowest BCUT2D eigenvalue weighted by molar-refractivity contribution is 0.0697. The van der Waals surface area contributed by atoms with Gasteiger partial charge < -0.3 is 14.1 Å². The first-order valence-electron chi connectivity index (χ1n) is 9.09. The van der Waals surface area contributed by atoms with Gasteiger partial charge in [0.1, 0.15) is 23.7 Å². The lowest BCUT2D eigenvalue weighted by atomic mass is 9.97. The van der Waals surface area contributed by atoms with Crippen molar-refractivity contribution in [3.63, 3.8) is 0 Å². The topological polar surface area (TPSA) is 84.4 Å². The molecule has 27 heavy (non-hydrogen) atoms. The molecule has 2 aromatic heterocycles. The molecule has 1 atom stereocenters. The Morgan fingerprint density at radius 3 is 2.93 bits per heavy atom. The Balaban J connectivity index is 1.48. The number of aryl methyl sites for hydroxylation is 1. The molecule has 3 aromatic rings. The van der Waals surface area contributed by atoms with Crippen molar-refractivity contribution >= 4 is 5.97 Å². The standard InChI is InChI=1S/C20H22N4O3/c1-23-13-21-22-19(23)14-5-4-10-24(11-14)12-15-8-9-18(27-15)16-6-2-3-7-17(16)20(25)26/h2-3,6-9,13-14H,4-5,10-12H2,1H3,(H,25,26)/t14-/m1/s1. The number of piperidine rings is 1. The van der Waals surface area contributed by atoms with Gasteiger partial charge in [0.15, 0.2) is 0 Å². The lowest BCUT2D eigenvalue weighted by Gasteiger charge is -2.31. The molecule has 0 amide bonds. The van der Waals surface area contributed by atoms with Crippen molar-refractivity contribution in [2.75, 3.05) is 13.1 Å². The number of hydrogen-bond acceptors (Lipinski definition) is 5. The summed E-state index contributed by atoms with van der Waals surface area (Å²) in [4.78, 5) is 13.8. The summed E-state index contributed by atoms with van der Waals surface area (Å²) in [6.45, 7) is 2.62. The predicted octanol–water partition coefficient (Wildman–Crippen LogP) is 3.15. The first kappa shape index (κ1) is 17.5. The van der Waals surface area contributed by atoms with Gasteiger partial charge in [0, 0.05) is 25.1 Å². The Morgan fingerprint density at radius 2 is 2.15 bits per heavy atom. The van der Waals surface area contributed by atoms with Crippen molar-refractivity contribution in [2.45, 2.75) is 25.3 Å². The summed E-state index contributed by atoms with van der Waals surface area (Å²) in [5, 5.41) is 17.6. The van der Waals surface area contributed by atoms with Crippen molar-refractivity contribution in [1.29, 1.82) is 0 Å². The molecule has 3 heterocycles. The first-order chi connectivity index (χ1) is 13.1. The molecule has 0 radical (unpaired) electrons. The summed E-state index contributed by atoms with van der Waals surface area (Å²) in [5.74, 6) is 1.86. The van der Waals surface area contributed by atoms with Crippen molar-refractivity contribution < 1.29 is 14.3 Å². The highest BCUT2D eigenvalue weighted by Crippen LogP contribution is 2.29. The fraction of sp³-hybridized carbons (Fsp3) is 0.350. The van der Waals surface area contributed by atoms with E-state index in [1.165, 1.54) is 0 Å². The summed E-state index contributed by atoms with van der Waals surface area (Å²) in [6.07, 6.45) is 3.96. The zero-order valence-electron chi connectivity index (χ0n) is 15.2. The molecular weight excluding hydrogens is 344 g/mol. The molecular formula is C20H22N4O3. The zero-order valence-corrected chi connectivity index (χ0v) is 15.2.